The van der Waals surface area contributed by atoms with Crippen molar-refractivity contribution in [2.24, 2.45) is 0 Å². The molecule has 2 rings (SSSR count). The lowest BCUT2D eigenvalue weighted by Crippen LogP contribution is -2.08. The summed E-state index contributed by atoms with van der Waals surface area (Å²) >= 11 is 0. The van der Waals surface area contributed by atoms with Crippen molar-refractivity contribution in [3.63, 3.8) is 0 Å². The maximum atomic E-state index is 13.4. The highest BCUT2D eigenvalue weighted by Gasteiger charge is 2.15. The van der Waals surface area contributed by atoms with E-state index in [1.54, 1.807) is 12.1 Å². The molecule has 0 saturated carbocycles. The number of aliphatic hydroxyl groups is 1. The minimum atomic E-state index is -0.228. The van der Waals surface area contributed by atoms with Crippen LogP contribution in [0.2, 0.25) is 0 Å². The molecule has 0 radical (unpaired) electrons. The lowest BCUT2D eigenvalue weighted by molar-refractivity contribution is 0.279. The zero-order valence-electron chi connectivity index (χ0n) is 12.3. The zero-order valence-corrected chi connectivity index (χ0v) is 12.3. The summed E-state index contributed by atoms with van der Waals surface area (Å²) in [6, 6.07) is 4.81. The number of benzene rings is 1. The molecule has 20 heavy (non-hydrogen) atoms. The second kappa shape index (κ2) is 6.18. The molecule has 108 valence electrons. The van der Waals surface area contributed by atoms with Crippen LogP contribution in [0.25, 0.3) is 0 Å². The minimum absolute atomic E-state index is 0.00841. The highest BCUT2D eigenvalue weighted by Crippen LogP contribution is 2.19. The molecule has 2 aromatic rings. The third-order valence-corrected chi connectivity index (χ3v) is 3.71. The summed E-state index contributed by atoms with van der Waals surface area (Å²) in [6.45, 7) is 6.59. The Hall–Kier alpha value is -1.68. The molecule has 0 saturated heterocycles. The summed E-state index contributed by atoms with van der Waals surface area (Å²) in [5, 5.41) is 14.1. The van der Waals surface area contributed by atoms with Gasteiger partial charge in [0.15, 0.2) is 0 Å². The minimum Gasteiger partial charge on any atom is -0.392 e. The Bertz CT molecular complexity index is 605. The van der Waals surface area contributed by atoms with E-state index < -0.39 is 0 Å². The third-order valence-electron chi connectivity index (χ3n) is 3.71. The Morgan fingerprint density at radius 1 is 1.25 bits per heavy atom. The lowest BCUT2D eigenvalue weighted by Gasteiger charge is -2.10. The van der Waals surface area contributed by atoms with Gasteiger partial charge >= 0.3 is 0 Å². The number of aromatic nitrogens is 2. The molecule has 0 spiro atoms. The van der Waals surface area contributed by atoms with Crippen LogP contribution in [0, 0.1) is 12.7 Å². The highest BCUT2D eigenvalue weighted by molar-refractivity contribution is 5.30. The summed E-state index contributed by atoms with van der Waals surface area (Å²) in [6.07, 6.45) is 1.59. The van der Waals surface area contributed by atoms with E-state index in [4.69, 9.17) is 0 Å². The van der Waals surface area contributed by atoms with E-state index in [0.717, 1.165) is 40.9 Å². The van der Waals surface area contributed by atoms with Crippen LogP contribution < -0.4 is 0 Å². The van der Waals surface area contributed by atoms with Crippen molar-refractivity contribution in [1.82, 2.24) is 9.78 Å². The van der Waals surface area contributed by atoms with Gasteiger partial charge in [-0.15, -0.1) is 0 Å². The SMILES string of the molecule is CCc1nn(Cc2cc(F)ccc2C)c(CC)c1CO. The largest absolute Gasteiger partial charge is 0.392 e. The van der Waals surface area contributed by atoms with Crippen LogP contribution in [0.3, 0.4) is 0 Å². The second-order valence-corrected chi connectivity index (χ2v) is 4.97. The predicted octanol–water partition coefficient (Wildman–Crippen LogP) is 3.00. The molecule has 0 aliphatic carbocycles. The first-order chi connectivity index (χ1) is 9.60. The van der Waals surface area contributed by atoms with Crippen LogP contribution >= 0.6 is 0 Å². The maximum absolute atomic E-state index is 13.4. The molecule has 1 aromatic heterocycles. The fourth-order valence-corrected chi connectivity index (χ4v) is 2.55. The Kier molecular flexibility index (Phi) is 4.55. The Balaban J connectivity index is 2.42. The topological polar surface area (TPSA) is 38.0 Å². The van der Waals surface area contributed by atoms with Crippen LogP contribution in [0.4, 0.5) is 4.39 Å². The van der Waals surface area contributed by atoms with Gasteiger partial charge in [0.05, 0.1) is 18.8 Å². The molecule has 1 aromatic carbocycles. The predicted molar refractivity (Wildman–Crippen MR) is 77.1 cm³/mol. The van der Waals surface area contributed by atoms with Crippen LogP contribution in [0.15, 0.2) is 18.2 Å². The molecule has 0 unspecified atom stereocenters. The van der Waals surface area contributed by atoms with Crippen molar-refractivity contribution in [2.75, 3.05) is 0 Å². The van der Waals surface area contributed by atoms with E-state index >= 15 is 0 Å². The number of aliphatic hydroxyl groups excluding tert-OH is 1. The molecule has 0 aliphatic heterocycles. The fourth-order valence-electron chi connectivity index (χ4n) is 2.55. The maximum Gasteiger partial charge on any atom is 0.123 e. The number of nitrogens with zero attached hydrogens (tertiary/aromatic N) is 2. The fraction of sp³-hybridized carbons (Fsp3) is 0.438. The van der Waals surface area contributed by atoms with Crippen molar-refractivity contribution in [3.05, 3.63) is 52.1 Å². The Morgan fingerprint density at radius 3 is 2.60 bits per heavy atom. The molecule has 1 heterocycles. The average molecular weight is 276 g/mol. The second-order valence-electron chi connectivity index (χ2n) is 4.97. The molecule has 0 aliphatic rings. The van der Waals surface area contributed by atoms with Gasteiger partial charge < -0.3 is 5.11 Å². The summed E-state index contributed by atoms with van der Waals surface area (Å²) in [4.78, 5) is 0. The summed E-state index contributed by atoms with van der Waals surface area (Å²) in [5.41, 5.74) is 4.86. The highest BCUT2D eigenvalue weighted by atomic mass is 19.1. The first-order valence-corrected chi connectivity index (χ1v) is 7.04. The number of aryl methyl sites for hydroxylation is 2. The van der Waals surface area contributed by atoms with E-state index in [9.17, 15) is 9.50 Å². The number of halogens is 1. The van der Waals surface area contributed by atoms with E-state index in [1.165, 1.54) is 6.07 Å². The van der Waals surface area contributed by atoms with Crippen molar-refractivity contribution >= 4 is 0 Å². The van der Waals surface area contributed by atoms with Gasteiger partial charge in [-0.05, 0) is 43.0 Å². The zero-order chi connectivity index (χ0) is 14.7. The molecule has 1 N–H and O–H groups in total. The van der Waals surface area contributed by atoms with Crippen LogP contribution in [0.1, 0.15) is 41.9 Å². The number of rotatable bonds is 5. The quantitative estimate of drug-likeness (QED) is 0.911. The average Bonchev–Trinajstić information content (AvgIpc) is 2.79. The summed E-state index contributed by atoms with van der Waals surface area (Å²) < 4.78 is 15.3. The van der Waals surface area contributed by atoms with Gasteiger partial charge in [0, 0.05) is 11.3 Å². The smallest absolute Gasteiger partial charge is 0.123 e. The summed E-state index contributed by atoms with van der Waals surface area (Å²) in [5.74, 6) is -0.228. The van der Waals surface area contributed by atoms with Crippen molar-refractivity contribution in [2.45, 2.75) is 46.8 Å². The third kappa shape index (κ3) is 2.75. The van der Waals surface area contributed by atoms with E-state index in [-0.39, 0.29) is 12.4 Å². The van der Waals surface area contributed by atoms with E-state index in [1.807, 2.05) is 25.5 Å². The first-order valence-electron chi connectivity index (χ1n) is 7.04. The van der Waals surface area contributed by atoms with E-state index in [0.29, 0.717) is 6.54 Å². The van der Waals surface area contributed by atoms with Gasteiger partial charge in [0.1, 0.15) is 5.82 Å². The van der Waals surface area contributed by atoms with Crippen LogP contribution in [-0.2, 0) is 26.0 Å². The molecule has 0 amide bonds. The normalized spacial score (nSPS) is 11.1. The molecule has 4 heteroatoms. The molecule has 0 atom stereocenters. The number of hydrogen-bond donors (Lipinski definition) is 1. The van der Waals surface area contributed by atoms with Crippen molar-refractivity contribution in [1.29, 1.82) is 0 Å². The van der Waals surface area contributed by atoms with Gasteiger partial charge in [-0.1, -0.05) is 19.9 Å². The molecular weight excluding hydrogens is 255 g/mol. The molecular formula is C16H21FN2O. The number of hydrogen-bond acceptors (Lipinski definition) is 2. The van der Waals surface area contributed by atoms with Crippen molar-refractivity contribution in [3.8, 4) is 0 Å². The molecule has 3 nitrogen and oxygen atoms in total. The summed E-state index contributed by atoms with van der Waals surface area (Å²) in [7, 11) is 0. The van der Waals surface area contributed by atoms with Gasteiger partial charge in [-0.25, -0.2) is 4.39 Å². The first kappa shape index (κ1) is 14.7. The Morgan fingerprint density at radius 2 is 2.00 bits per heavy atom. The standard InChI is InChI=1S/C16H21FN2O/c1-4-15-14(10-20)16(5-2)19(18-15)9-12-8-13(17)7-6-11(12)3/h6-8,20H,4-5,9-10H2,1-3H3. The van der Waals surface area contributed by atoms with Gasteiger partial charge in [-0.2, -0.15) is 5.10 Å². The molecule has 0 fully saturated rings. The van der Waals surface area contributed by atoms with Gasteiger partial charge in [-0.3, -0.25) is 4.68 Å². The van der Waals surface area contributed by atoms with E-state index in [2.05, 4.69) is 5.10 Å². The van der Waals surface area contributed by atoms with Crippen LogP contribution in [-0.4, -0.2) is 14.9 Å². The van der Waals surface area contributed by atoms with Crippen LogP contribution in [0.5, 0.6) is 0 Å². The lowest BCUT2D eigenvalue weighted by atomic mass is 10.1. The van der Waals surface area contributed by atoms with Crippen molar-refractivity contribution < 1.29 is 9.50 Å². The van der Waals surface area contributed by atoms with Gasteiger partial charge in [0.2, 0.25) is 0 Å². The monoisotopic (exact) mass is 276 g/mol. The molecule has 0 bridgehead atoms. The van der Waals surface area contributed by atoms with Gasteiger partial charge in [0.25, 0.3) is 0 Å². The Labute approximate surface area is 119 Å².